The number of aldehydes is 1. The lowest BCUT2D eigenvalue weighted by Crippen LogP contribution is -2.33. The van der Waals surface area contributed by atoms with Crippen LogP contribution in [0.5, 0.6) is 0 Å². The summed E-state index contributed by atoms with van der Waals surface area (Å²) in [5.41, 5.74) is 3.68. The number of nitrogens with one attached hydrogen (secondary N) is 1. The largest absolute Gasteiger partial charge is 0.358 e. The van der Waals surface area contributed by atoms with Gasteiger partial charge in [0.2, 0.25) is 0 Å². The zero-order valence-corrected chi connectivity index (χ0v) is 10.3. The molecule has 1 aromatic rings. The molecule has 0 aliphatic carbocycles. The maximum atomic E-state index is 10.4. The van der Waals surface area contributed by atoms with Crippen LogP contribution in [0.15, 0.2) is 18.2 Å². The summed E-state index contributed by atoms with van der Waals surface area (Å²) in [5, 5.41) is 3.12. The summed E-state index contributed by atoms with van der Waals surface area (Å²) in [5.74, 6) is 0. The molecule has 1 aromatic carbocycles. The summed E-state index contributed by atoms with van der Waals surface area (Å²) in [6.45, 7) is 5.70. The lowest BCUT2D eigenvalue weighted by molar-refractivity contribution is -0.107. The van der Waals surface area contributed by atoms with Gasteiger partial charge in [-0.1, -0.05) is 6.07 Å². The van der Waals surface area contributed by atoms with E-state index in [1.165, 1.54) is 16.8 Å². The molecule has 0 amide bonds. The van der Waals surface area contributed by atoms with Crippen LogP contribution in [-0.2, 0) is 4.79 Å². The number of anilines is 1. The van der Waals surface area contributed by atoms with Gasteiger partial charge in [0.25, 0.3) is 0 Å². The third-order valence-electron chi connectivity index (χ3n) is 2.44. The summed E-state index contributed by atoms with van der Waals surface area (Å²) in [4.78, 5) is 12.6. The Kier molecular flexibility index (Phi) is 4.99. The van der Waals surface area contributed by atoms with E-state index in [1.807, 2.05) is 7.05 Å². The van der Waals surface area contributed by atoms with Gasteiger partial charge in [-0.05, 0) is 44.2 Å². The molecule has 3 nitrogen and oxygen atoms in total. The molecule has 0 saturated carbocycles. The van der Waals surface area contributed by atoms with Crippen molar-refractivity contribution >= 4 is 12.0 Å². The molecule has 1 N–H and O–H groups in total. The fourth-order valence-corrected chi connectivity index (χ4v) is 1.83. The molecule has 3 heteroatoms. The predicted octanol–water partition coefficient (Wildman–Crippen LogP) is 1.88. The van der Waals surface area contributed by atoms with Crippen molar-refractivity contribution in [2.24, 2.45) is 0 Å². The van der Waals surface area contributed by atoms with Crippen LogP contribution in [-0.4, -0.2) is 26.5 Å². The smallest absolute Gasteiger partial charge is 0.121 e. The van der Waals surface area contributed by atoms with Gasteiger partial charge < -0.3 is 15.0 Å². The molecule has 0 unspecified atom stereocenters. The van der Waals surface area contributed by atoms with Crippen molar-refractivity contribution in [1.29, 1.82) is 0 Å². The quantitative estimate of drug-likeness (QED) is 0.587. The SMILES string of the molecule is CNCN(CCC=O)c1cc(C)cc(C)c1. The highest BCUT2D eigenvalue weighted by Crippen LogP contribution is 2.18. The fraction of sp³-hybridized carbons (Fsp3) is 0.462. The van der Waals surface area contributed by atoms with Crippen molar-refractivity contribution in [3.05, 3.63) is 29.3 Å². The summed E-state index contributed by atoms with van der Waals surface area (Å²) in [6.07, 6.45) is 1.53. The van der Waals surface area contributed by atoms with Gasteiger partial charge in [-0.15, -0.1) is 0 Å². The number of rotatable bonds is 6. The predicted molar refractivity (Wildman–Crippen MR) is 67.9 cm³/mol. The van der Waals surface area contributed by atoms with Crippen molar-refractivity contribution in [1.82, 2.24) is 5.32 Å². The number of benzene rings is 1. The van der Waals surface area contributed by atoms with Gasteiger partial charge >= 0.3 is 0 Å². The molecule has 0 saturated heterocycles. The molecule has 0 heterocycles. The van der Waals surface area contributed by atoms with Crippen molar-refractivity contribution in [2.45, 2.75) is 20.3 Å². The third-order valence-corrected chi connectivity index (χ3v) is 2.44. The van der Waals surface area contributed by atoms with Crippen LogP contribution in [0.2, 0.25) is 0 Å². The molecule has 16 heavy (non-hydrogen) atoms. The van der Waals surface area contributed by atoms with Crippen LogP contribution in [0.25, 0.3) is 0 Å². The van der Waals surface area contributed by atoms with Crippen LogP contribution in [0.1, 0.15) is 17.5 Å². The fourth-order valence-electron chi connectivity index (χ4n) is 1.83. The second kappa shape index (κ2) is 6.28. The summed E-state index contributed by atoms with van der Waals surface area (Å²) in [7, 11) is 1.91. The van der Waals surface area contributed by atoms with E-state index >= 15 is 0 Å². The Morgan fingerprint density at radius 3 is 2.38 bits per heavy atom. The zero-order valence-electron chi connectivity index (χ0n) is 10.3. The normalized spacial score (nSPS) is 10.2. The van der Waals surface area contributed by atoms with Crippen LogP contribution in [0.4, 0.5) is 5.69 Å². The first-order valence-electron chi connectivity index (χ1n) is 5.59. The van der Waals surface area contributed by atoms with Crippen molar-refractivity contribution in [3.8, 4) is 0 Å². The van der Waals surface area contributed by atoms with Crippen LogP contribution >= 0.6 is 0 Å². The minimum Gasteiger partial charge on any atom is -0.358 e. The summed E-state index contributed by atoms with van der Waals surface area (Å²) >= 11 is 0. The van der Waals surface area contributed by atoms with Crippen molar-refractivity contribution in [3.63, 3.8) is 0 Å². The first-order valence-corrected chi connectivity index (χ1v) is 5.59. The second-order valence-electron chi connectivity index (χ2n) is 4.08. The maximum absolute atomic E-state index is 10.4. The van der Waals surface area contributed by atoms with Crippen LogP contribution in [0, 0.1) is 13.8 Å². The van der Waals surface area contributed by atoms with E-state index in [0.717, 1.165) is 19.5 Å². The van der Waals surface area contributed by atoms with E-state index < -0.39 is 0 Å². The molecule has 0 fully saturated rings. The van der Waals surface area contributed by atoms with Gasteiger partial charge in [0.15, 0.2) is 0 Å². The van der Waals surface area contributed by atoms with E-state index in [0.29, 0.717) is 6.42 Å². The van der Waals surface area contributed by atoms with Gasteiger partial charge in [-0.2, -0.15) is 0 Å². The average Bonchev–Trinajstić information content (AvgIpc) is 2.22. The summed E-state index contributed by atoms with van der Waals surface area (Å²) in [6, 6.07) is 6.45. The topological polar surface area (TPSA) is 32.3 Å². The standard InChI is InChI=1S/C13H20N2O/c1-11-7-12(2)9-13(8-11)15(10-14-3)5-4-6-16/h6-9,14H,4-5,10H2,1-3H3. The molecular formula is C13H20N2O. The summed E-state index contributed by atoms with van der Waals surface area (Å²) < 4.78 is 0. The highest BCUT2D eigenvalue weighted by atomic mass is 16.1. The minimum absolute atomic E-state index is 0.564. The monoisotopic (exact) mass is 220 g/mol. The Balaban J connectivity index is 2.85. The maximum Gasteiger partial charge on any atom is 0.121 e. The molecule has 1 rings (SSSR count). The molecule has 0 atom stereocenters. The van der Waals surface area contributed by atoms with Crippen molar-refractivity contribution < 1.29 is 4.79 Å². The second-order valence-corrected chi connectivity index (χ2v) is 4.08. The first-order chi connectivity index (χ1) is 7.67. The minimum atomic E-state index is 0.564. The van der Waals surface area contributed by atoms with Crippen LogP contribution in [0.3, 0.4) is 0 Å². The van der Waals surface area contributed by atoms with E-state index in [1.54, 1.807) is 0 Å². The third kappa shape index (κ3) is 3.66. The first kappa shape index (κ1) is 12.7. The zero-order chi connectivity index (χ0) is 12.0. The number of hydrogen-bond donors (Lipinski definition) is 1. The Labute approximate surface area is 97.5 Å². The number of aryl methyl sites for hydroxylation is 2. The van der Waals surface area contributed by atoms with Gasteiger partial charge in [0, 0.05) is 18.7 Å². The molecule has 0 aliphatic heterocycles. The average molecular weight is 220 g/mol. The highest BCUT2D eigenvalue weighted by molar-refractivity contribution is 5.54. The Morgan fingerprint density at radius 1 is 1.25 bits per heavy atom. The van der Waals surface area contributed by atoms with Gasteiger partial charge in [-0.3, -0.25) is 0 Å². The molecule has 88 valence electrons. The lowest BCUT2D eigenvalue weighted by Gasteiger charge is -2.24. The molecule has 0 spiro atoms. The van der Waals surface area contributed by atoms with Gasteiger partial charge in [-0.25, -0.2) is 0 Å². The van der Waals surface area contributed by atoms with E-state index in [9.17, 15) is 4.79 Å². The number of nitrogens with zero attached hydrogens (tertiary/aromatic N) is 1. The number of hydrogen-bond acceptors (Lipinski definition) is 3. The molecule has 0 bridgehead atoms. The Bertz CT molecular complexity index is 330. The molecular weight excluding hydrogens is 200 g/mol. The molecule has 0 aromatic heterocycles. The highest BCUT2D eigenvalue weighted by Gasteiger charge is 2.05. The number of carbonyl (C=O) groups excluding carboxylic acids is 1. The van der Waals surface area contributed by atoms with Gasteiger partial charge in [0.05, 0.1) is 6.67 Å². The van der Waals surface area contributed by atoms with Gasteiger partial charge in [0.1, 0.15) is 6.29 Å². The van der Waals surface area contributed by atoms with E-state index in [-0.39, 0.29) is 0 Å². The van der Waals surface area contributed by atoms with Crippen LogP contribution < -0.4 is 10.2 Å². The molecule has 0 radical (unpaired) electrons. The van der Waals surface area contributed by atoms with Crippen molar-refractivity contribution in [2.75, 3.05) is 25.2 Å². The Hall–Kier alpha value is -1.35. The number of carbonyl (C=O) groups is 1. The lowest BCUT2D eigenvalue weighted by atomic mass is 10.1. The van der Waals surface area contributed by atoms with E-state index in [2.05, 4.69) is 42.3 Å². The molecule has 0 aliphatic rings. The van der Waals surface area contributed by atoms with E-state index in [4.69, 9.17) is 0 Å². The Morgan fingerprint density at radius 2 is 1.88 bits per heavy atom.